The van der Waals surface area contributed by atoms with Crippen molar-refractivity contribution >= 4 is 52.5 Å². The molecule has 1 unspecified atom stereocenters. The van der Waals surface area contributed by atoms with Crippen LogP contribution in [0.1, 0.15) is 93.0 Å². The number of ether oxygens (including phenoxy) is 1. The van der Waals surface area contributed by atoms with Crippen LogP contribution in [0.3, 0.4) is 0 Å². The Morgan fingerprint density at radius 1 is 0.931 bits per heavy atom. The highest BCUT2D eigenvalue weighted by Gasteiger charge is 2.40. The summed E-state index contributed by atoms with van der Waals surface area (Å²) in [5.41, 5.74) is 6.95. The number of imide groups is 1. The van der Waals surface area contributed by atoms with Crippen molar-refractivity contribution in [3.8, 4) is 5.75 Å². The first kappa shape index (κ1) is 39.5. The number of anilines is 5. The summed E-state index contributed by atoms with van der Waals surface area (Å²) in [7, 11) is 3.35. The molecule has 15 nitrogen and oxygen atoms in total. The van der Waals surface area contributed by atoms with Gasteiger partial charge in [-0.25, -0.2) is 9.99 Å². The van der Waals surface area contributed by atoms with Crippen molar-refractivity contribution in [1.82, 2.24) is 30.6 Å². The topological polar surface area (TPSA) is 164 Å². The number of carbonyl (C=O) groups excluding carboxylic acids is 4. The SMILES string of the molecule is COc1cc(C(=O)NN2CCN(CC3CCC(Nc4ccc(C5CCC(=O)NC5=O)cc4)CC3)CC2)ccc1Nc1ncc2c(n1)N(C1CCCC1)[C@H](C)C(=O)N2C. The third-order valence-corrected chi connectivity index (χ3v) is 12.8. The Bertz CT molecular complexity index is 1990. The van der Waals surface area contributed by atoms with Crippen molar-refractivity contribution in [2.24, 2.45) is 5.92 Å². The van der Waals surface area contributed by atoms with Crippen LogP contribution in [-0.2, 0) is 14.4 Å². The van der Waals surface area contributed by atoms with Gasteiger partial charge in [-0.15, -0.1) is 0 Å². The Morgan fingerprint density at radius 2 is 1.67 bits per heavy atom. The second-order valence-electron chi connectivity index (χ2n) is 16.6. The van der Waals surface area contributed by atoms with Crippen molar-refractivity contribution in [3.05, 3.63) is 59.8 Å². The lowest BCUT2D eigenvalue weighted by molar-refractivity contribution is -0.134. The molecule has 4 fully saturated rings. The number of fused-ring (bicyclic) bond motifs is 1. The molecule has 4 N–H and O–H groups in total. The summed E-state index contributed by atoms with van der Waals surface area (Å²) in [4.78, 5) is 66.0. The van der Waals surface area contributed by atoms with E-state index in [9.17, 15) is 19.2 Å². The molecule has 0 spiro atoms. The predicted octanol–water partition coefficient (Wildman–Crippen LogP) is 4.80. The van der Waals surface area contributed by atoms with Crippen LogP contribution in [0.2, 0.25) is 0 Å². The molecule has 0 radical (unpaired) electrons. The maximum Gasteiger partial charge on any atom is 0.265 e. The zero-order valence-electron chi connectivity index (χ0n) is 33.8. The third kappa shape index (κ3) is 8.60. The maximum absolute atomic E-state index is 13.4. The molecule has 4 heterocycles. The second-order valence-corrected chi connectivity index (χ2v) is 16.6. The number of piperazine rings is 1. The summed E-state index contributed by atoms with van der Waals surface area (Å²) in [6.07, 6.45) is 11.6. The summed E-state index contributed by atoms with van der Waals surface area (Å²) < 4.78 is 5.71. The number of hydrogen-bond acceptors (Lipinski definition) is 12. The number of hydrogen-bond donors (Lipinski definition) is 4. The molecule has 2 aliphatic carbocycles. The van der Waals surface area contributed by atoms with Crippen LogP contribution < -0.4 is 35.9 Å². The smallest absolute Gasteiger partial charge is 0.265 e. The van der Waals surface area contributed by atoms with E-state index in [2.05, 4.69) is 36.2 Å². The van der Waals surface area contributed by atoms with E-state index in [0.717, 1.165) is 88.3 Å². The molecule has 4 amide bonds. The number of likely N-dealkylation sites (N-methyl/N-ethyl adjacent to an activating group) is 1. The van der Waals surface area contributed by atoms with Gasteiger partial charge >= 0.3 is 0 Å². The molecule has 2 saturated heterocycles. The summed E-state index contributed by atoms with van der Waals surface area (Å²) in [5.74, 6) is 1.50. The standard InChI is InChI=1S/C43H56N10O5/c1-27-42(57)50(2)36-25-44-43(48-39(36)53(27)33-6-4-5-7-33)46-35-18-12-30(24-37(35)58-3)40(55)49-52-22-20-51(21-23-52)26-28-8-13-31(14-9-28)45-32-15-10-29(11-16-32)34-17-19-38(54)47-41(34)56/h10-12,15-16,18,24-25,27-28,31,33-34,45H,4-9,13-14,17,19-23,26H2,1-3H3,(H,49,55)(H,44,46,48)(H,47,54,56)/t27-,28?,31?,34?/m1/s1. The second kappa shape index (κ2) is 17.3. The number of hydrazine groups is 1. The molecular formula is C43H56N10O5. The maximum atomic E-state index is 13.4. The van der Waals surface area contributed by atoms with E-state index in [1.807, 2.05) is 42.3 Å². The average molecular weight is 793 g/mol. The molecule has 5 aliphatic rings. The number of carbonyl (C=O) groups is 4. The van der Waals surface area contributed by atoms with Gasteiger partial charge in [0.25, 0.3) is 5.91 Å². The third-order valence-electron chi connectivity index (χ3n) is 12.8. The molecule has 1 aromatic heterocycles. The van der Waals surface area contributed by atoms with Crippen molar-refractivity contribution in [3.63, 3.8) is 0 Å². The quantitative estimate of drug-likeness (QED) is 0.197. The minimum atomic E-state index is -0.305. The van der Waals surface area contributed by atoms with E-state index >= 15 is 0 Å². The number of nitrogens with zero attached hydrogens (tertiary/aromatic N) is 6. The number of methoxy groups -OCH3 is 1. The van der Waals surface area contributed by atoms with E-state index in [-0.39, 0.29) is 41.6 Å². The van der Waals surface area contributed by atoms with Crippen LogP contribution >= 0.6 is 0 Å². The molecule has 15 heteroatoms. The normalized spacial score (nSPS) is 24.6. The number of rotatable bonds is 11. The van der Waals surface area contributed by atoms with Crippen LogP contribution in [0.5, 0.6) is 5.75 Å². The molecule has 308 valence electrons. The lowest BCUT2D eigenvalue weighted by Gasteiger charge is -2.42. The van der Waals surface area contributed by atoms with Gasteiger partial charge in [0, 0.05) is 69.5 Å². The van der Waals surface area contributed by atoms with Crippen LogP contribution in [0.15, 0.2) is 48.7 Å². The molecule has 2 aromatic carbocycles. The fourth-order valence-corrected chi connectivity index (χ4v) is 9.45. The van der Waals surface area contributed by atoms with E-state index < -0.39 is 0 Å². The lowest BCUT2D eigenvalue weighted by Crippen LogP contribution is -2.54. The monoisotopic (exact) mass is 792 g/mol. The largest absolute Gasteiger partial charge is 0.495 e. The van der Waals surface area contributed by atoms with Crippen LogP contribution in [0.25, 0.3) is 0 Å². The lowest BCUT2D eigenvalue weighted by atomic mass is 9.85. The van der Waals surface area contributed by atoms with Gasteiger partial charge in [0.2, 0.25) is 23.7 Å². The molecule has 8 rings (SSSR count). The Morgan fingerprint density at radius 3 is 2.38 bits per heavy atom. The minimum absolute atomic E-state index is 0.0415. The number of piperidine rings is 1. The highest BCUT2D eigenvalue weighted by atomic mass is 16.5. The summed E-state index contributed by atoms with van der Waals surface area (Å²) in [6.45, 7) is 6.31. The van der Waals surface area contributed by atoms with Gasteiger partial charge in [-0.3, -0.25) is 29.9 Å². The number of amides is 4. The van der Waals surface area contributed by atoms with Gasteiger partial charge in [0.15, 0.2) is 5.82 Å². The van der Waals surface area contributed by atoms with Crippen LogP contribution in [0.4, 0.5) is 28.8 Å². The summed E-state index contributed by atoms with van der Waals surface area (Å²) in [5, 5.41) is 11.4. The zero-order chi connectivity index (χ0) is 40.3. The number of benzene rings is 2. The Balaban J connectivity index is 0.789. The fraction of sp³-hybridized carbons (Fsp3) is 0.535. The number of aromatic nitrogens is 2. The summed E-state index contributed by atoms with van der Waals surface area (Å²) >= 11 is 0. The predicted molar refractivity (Wildman–Crippen MR) is 222 cm³/mol. The van der Waals surface area contributed by atoms with E-state index in [0.29, 0.717) is 53.4 Å². The van der Waals surface area contributed by atoms with Crippen molar-refractivity contribution in [2.45, 2.75) is 95.2 Å². The van der Waals surface area contributed by atoms with Crippen LogP contribution in [-0.4, -0.2) is 109 Å². The minimum Gasteiger partial charge on any atom is -0.495 e. The van der Waals surface area contributed by atoms with E-state index in [1.54, 1.807) is 37.4 Å². The molecular weight excluding hydrogens is 737 g/mol. The fourth-order valence-electron chi connectivity index (χ4n) is 9.45. The molecule has 3 aliphatic heterocycles. The Labute approximate surface area is 340 Å². The molecule has 2 atom stereocenters. The molecule has 0 bridgehead atoms. The van der Waals surface area contributed by atoms with Gasteiger partial charge in [0.05, 0.1) is 24.9 Å². The summed E-state index contributed by atoms with van der Waals surface area (Å²) in [6, 6.07) is 13.8. The van der Waals surface area contributed by atoms with E-state index in [4.69, 9.17) is 9.72 Å². The Kier molecular flexibility index (Phi) is 11.8. The molecule has 2 saturated carbocycles. The van der Waals surface area contributed by atoms with Gasteiger partial charge in [-0.05, 0) is 93.7 Å². The average Bonchev–Trinajstić information content (AvgIpc) is 3.77. The molecule has 3 aromatic rings. The first-order chi connectivity index (χ1) is 28.1. The van der Waals surface area contributed by atoms with Crippen molar-refractivity contribution in [1.29, 1.82) is 0 Å². The first-order valence-corrected chi connectivity index (χ1v) is 21.0. The highest BCUT2D eigenvalue weighted by Crippen LogP contribution is 2.40. The highest BCUT2D eigenvalue weighted by molar-refractivity contribution is 6.04. The van der Waals surface area contributed by atoms with Crippen molar-refractivity contribution < 1.29 is 23.9 Å². The van der Waals surface area contributed by atoms with E-state index in [1.165, 1.54) is 12.8 Å². The Hall–Kier alpha value is -5.28. The molecule has 58 heavy (non-hydrogen) atoms. The zero-order valence-corrected chi connectivity index (χ0v) is 33.8. The van der Waals surface area contributed by atoms with Gasteiger partial charge in [-0.1, -0.05) is 25.0 Å². The van der Waals surface area contributed by atoms with Gasteiger partial charge in [0.1, 0.15) is 17.5 Å². The number of nitrogens with one attached hydrogen (secondary N) is 4. The van der Waals surface area contributed by atoms with Crippen LogP contribution in [0, 0.1) is 5.92 Å². The van der Waals surface area contributed by atoms with Gasteiger partial charge in [-0.2, -0.15) is 4.98 Å². The van der Waals surface area contributed by atoms with Crippen molar-refractivity contribution in [2.75, 3.05) is 67.3 Å². The van der Waals surface area contributed by atoms with Gasteiger partial charge < -0.3 is 30.1 Å². The first-order valence-electron chi connectivity index (χ1n) is 21.0.